The van der Waals surface area contributed by atoms with Crippen LogP contribution in [0.3, 0.4) is 0 Å². The van der Waals surface area contributed by atoms with Crippen molar-refractivity contribution in [3.05, 3.63) is 58.6 Å². The number of carbonyl (C=O) groups excluding carboxylic acids is 1. The van der Waals surface area contributed by atoms with Gasteiger partial charge in [0.05, 0.1) is 30.4 Å². The highest BCUT2D eigenvalue weighted by Crippen LogP contribution is 2.28. The van der Waals surface area contributed by atoms with Crippen LogP contribution >= 0.6 is 0 Å². The topological polar surface area (TPSA) is 103 Å². The van der Waals surface area contributed by atoms with Crippen molar-refractivity contribution in [3.63, 3.8) is 0 Å². The lowest BCUT2D eigenvalue weighted by molar-refractivity contribution is -0.384. The third-order valence-corrected chi connectivity index (χ3v) is 3.26. The normalized spacial score (nSPS) is 9.96. The van der Waals surface area contributed by atoms with Gasteiger partial charge in [-0.25, -0.2) is 4.79 Å². The summed E-state index contributed by atoms with van der Waals surface area (Å²) in [5.41, 5.74) is 0.243. The van der Waals surface area contributed by atoms with E-state index in [-0.39, 0.29) is 11.4 Å². The molecule has 0 atom stereocenters. The van der Waals surface area contributed by atoms with Crippen molar-refractivity contribution in [2.75, 3.05) is 25.6 Å². The molecule has 0 heterocycles. The van der Waals surface area contributed by atoms with E-state index >= 15 is 0 Å². The van der Waals surface area contributed by atoms with Gasteiger partial charge in [0.1, 0.15) is 11.5 Å². The van der Waals surface area contributed by atoms with E-state index in [1.807, 2.05) is 30.3 Å². The number of hydrogen-bond acceptors (Lipinski definition) is 5. The summed E-state index contributed by atoms with van der Waals surface area (Å²) in [7, 11) is 1.38. The molecule has 0 aliphatic carbocycles. The van der Waals surface area contributed by atoms with Gasteiger partial charge in [0.25, 0.3) is 5.69 Å². The quantitative estimate of drug-likeness (QED) is 0.434. The van der Waals surface area contributed by atoms with Gasteiger partial charge in [-0.15, -0.1) is 0 Å². The summed E-state index contributed by atoms with van der Waals surface area (Å²) < 4.78 is 10.6. The first-order chi connectivity index (χ1) is 12.1. The lowest BCUT2D eigenvalue weighted by atomic mass is 10.2. The van der Waals surface area contributed by atoms with Gasteiger partial charge in [-0.2, -0.15) is 0 Å². The molecular weight excluding hydrogens is 326 g/mol. The molecule has 2 N–H and O–H groups in total. The number of non-ortho nitro benzene ring substituents is 1. The van der Waals surface area contributed by atoms with Crippen LogP contribution in [0.15, 0.2) is 48.5 Å². The molecule has 2 amide bonds. The first-order valence-electron chi connectivity index (χ1n) is 7.65. The molecule has 0 saturated heterocycles. The fourth-order valence-electron chi connectivity index (χ4n) is 2.04. The molecule has 0 unspecified atom stereocenters. The van der Waals surface area contributed by atoms with Crippen molar-refractivity contribution < 1.29 is 19.2 Å². The van der Waals surface area contributed by atoms with Crippen LogP contribution in [-0.4, -0.2) is 31.2 Å². The van der Waals surface area contributed by atoms with Crippen molar-refractivity contribution in [1.82, 2.24) is 5.32 Å². The van der Waals surface area contributed by atoms with E-state index in [2.05, 4.69) is 10.6 Å². The molecule has 25 heavy (non-hydrogen) atoms. The molecule has 0 bridgehead atoms. The molecule has 0 aliphatic heterocycles. The molecule has 2 rings (SSSR count). The van der Waals surface area contributed by atoms with Crippen molar-refractivity contribution in [3.8, 4) is 11.5 Å². The second-order valence-corrected chi connectivity index (χ2v) is 5.04. The number of carbonyl (C=O) groups is 1. The van der Waals surface area contributed by atoms with Gasteiger partial charge in [-0.1, -0.05) is 18.2 Å². The van der Waals surface area contributed by atoms with Gasteiger partial charge in [-0.05, 0) is 24.6 Å². The standard InChI is InChI=1S/C17H19N3O5/c1-24-16-12-13(20(22)23)8-9-15(16)19-17(21)18-10-5-11-25-14-6-3-2-4-7-14/h2-4,6-9,12H,5,10-11H2,1H3,(H2,18,19,21). The summed E-state index contributed by atoms with van der Waals surface area (Å²) >= 11 is 0. The van der Waals surface area contributed by atoms with Gasteiger partial charge in [-0.3, -0.25) is 10.1 Å². The molecule has 0 saturated carbocycles. The number of para-hydroxylation sites is 1. The predicted molar refractivity (Wildman–Crippen MR) is 93.2 cm³/mol. The Morgan fingerprint density at radius 3 is 2.64 bits per heavy atom. The Morgan fingerprint density at radius 1 is 1.20 bits per heavy atom. The van der Waals surface area contributed by atoms with Crippen LogP contribution in [0, 0.1) is 10.1 Å². The van der Waals surface area contributed by atoms with Crippen LogP contribution in [0.25, 0.3) is 0 Å². The Hall–Kier alpha value is -3.29. The molecule has 8 heteroatoms. The van der Waals surface area contributed by atoms with E-state index < -0.39 is 11.0 Å². The lowest BCUT2D eigenvalue weighted by Crippen LogP contribution is -2.30. The van der Waals surface area contributed by atoms with Gasteiger partial charge in [0.2, 0.25) is 0 Å². The van der Waals surface area contributed by atoms with Gasteiger partial charge in [0.15, 0.2) is 0 Å². The van der Waals surface area contributed by atoms with E-state index in [1.165, 1.54) is 25.3 Å². The minimum atomic E-state index is -0.529. The Morgan fingerprint density at radius 2 is 1.96 bits per heavy atom. The number of anilines is 1. The van der Waals surface area contributed by atoms with Crippen molar-refractivity contribution >= 4 is 17.4 Å². The number of hydrogen-bond donors (Lipinski definition) is 2. The van der Waals surface area contributed by atoms with E-state index in [1.54, 1.807) is 0 Å². The molecule has 0 fully saturated rings. The summed E-state index contributed by atoms with van der Waals surface area (Å²) in [6.45, 7) is 0.902. The van der Waals surface area contributed by atoms with Crippen molar-refractivity contribution in [2.45, 2.75) is 6.42 Å². The Labute approximate surface area is 144 Å². The molecule has 0 aromatic heterocycles. The number of ether oxygens (including phenoxy) is 2. The van der Waals surface area contributed by atoms with Crippen molar-refractivity contribution in [1.29, 1.82) is 0 Å². The second-order valence-electron chi connectivity index (χ2n) is 5.04. The zero-order valence-electron chi connectivity index (χ0n) is 13.7. The van der Waals surface area contributed by atoms with E-state index in [9.17, 15) is 14.9 Å². The van der Waals surface area contributed by atoms with Crippen LogP contribution in [0.1, 0.15) is 6.42 Å². The maximum Gasteiger partial charge on any atom is 0.319 e. The number of nitrogens with one attached hydrogen (secondary N) is 2. The SMILES string of the molecule is COc1cc([N+](=O)[O-])ccc1NC(=O)NCCCOc1ccccc1. The molecular formula is C17H19N3O5. The van der Waals surface area contributed by atoms with Gasteiger partial charge >= 0.3 is 6.03 Å². The number of benzene rings is 2. The maximum absolute atomic E-state index is 11.9. The first-order valence-corrected chi connectivity index (χ1v) is 7.65. The highest BCUT2D eigenvalue weighted by atomic mass is 16.6. The lowest BCUT2D eigenvalue weighted by Gasteiger charge is -2.11. The molecule has 0 spiro atoms. The number of nitro benzene ring substituents is 1. The third-order valence-electron chi connectivity index (χ3n) is 3.26. The van der Waals surface area contributed by atoms with Crippen molar-refractivity contribution in [2.24, 2.45) is 0 Å². The van der Waals surface area contributed by atoms with Gasteiger partial charge < -0.3 is 20.1 Å². The molecule has 0 aliphatic rings. The number of nitro groups is 1. The average Bonchev–Trinajstić information content (AvgIpc) is 2.62. The van der Waals surface area contributed by atoms with Crippen LogP contribution in [0.4, 0.5) is 16.2 Å². The fraction of sp³-hybridized carbons (Fsp3) is 0.235. The van der Waals surface area contributed by atoms with Crippen LogP contribution < -0.4 is 20.1 Å². The Balaban J connectivity index is 1.75. The third kappa shape index (κ3) is 5.69. The summed E-state index contributed by atoms with van der Waals surface area (Å²) in [5.74, 6) is 0.999. The molecule has 2 aromatic rings. The summed E-state index contributed by atoms with van der Waals surface area (Å²) in [6.07, 6.45) is 0.639. The number of urea groups is 1. The number of rotatable bonds is 8. The second kappa shape index (κ2) is 9.11. The molecule has 2 aromatic carbocycles. The monoisotopic (exact) mass is 345 g/mol. The van der Waals surface area contributed by atoms with Crippen LogP contribution in [0.2, 0.25) is 0 Å². The fourth-order valence-corrected chi connectivity index (χ4v) is 2.04. The minimum absolute atomic E-state index is 0.110. The minimum Gasteiger partial charge on any atom is -0.494 e. The molecule has 8 nitrogen and oxygen atoms in total. The zero-order valence-corrected chi connectivity index (χ0v) is 13.7. The van der Waals surface area contributed by atoms with Crippen LogP contribution in [-0.2, 0) is 0 Å². The largest absolute Gasteiger partial charge is 0.494 e. The van der Waals surface area contributed by atoms with E-state index in [0.717, 1.165) is 5.75 Å². The number of amides is 2. The smallest absolute Gasteiger partial charge is 0.319 e. The number of nitrogens with zero attached hydrogens (tertiary/aromatic N) is 1. The number of methoxy groups -OCH3 is 1. The van der Waals surface area contributed by atoms with E-state index in [0.29, 0.717) is 25.3 Å². The first kappa shape index (κ1) is 18.1. The maximum atomic E-state index is 11.9. The zero-order chi connectivity index (χ0) is 18.1. The summed E-state index contributed by atoms with van der Waals surface area (Å²) in [5, 5.41) is 16.0. The van der Waals surface area contributed by atoms with E-state index in [4.69, 9.17) is 9.47 Å². The summed E-state index contributed by atoms with van der Waals surface area (Å²) in [4.78, 5) is 22.1. The highest BCUT2D eigenvalue weighted by molar-refractivity contribution is 5.91. The highest BCUT2D eigenvalue weighted by Gasteiger charge is 2.13. The summed E-state index contributed by atoms with van der Waals surface area (Å²) in [6, 6.07) is 13.0. The Bertz CT molecular complexity index is 721. The average molecular weight is 345 g/mol. The molecule has 132 valence electrons. The predicted octanol–water partition coefficient (Wildman–Crippen LogP) is 3.19. The van der Waals surface area contributed by atoms with Gasteiger partial charge in [0, 0.05) is 12.6 Å². The Kier molecular flexibility index (Phi) is 6.58. The van der Waals surface area contributed by atoms with Crippen LogP contribution in [0.5, 0.6) is 11.5 Å². The molecule has 0 radical (unpaired) electrons.